The van der Waals surface area contributed by atoms with Gasteiger partial charge in [-0.05, 0) is 31.4 Å². The van der Waals surface area contributed by atoms with E-state index in [0.717, 1.165) is 41.7 Å². The normalized spacial score (nSPS) is 11.5. The summed E-state index contributed by atoms with van der Waals surface area (Å²) in [5, 5.41) is 10.7. The summed E-state index contributed by atoms with van der Waals surface area (Å²) < 4.78 is 3.26. The van der Waals surface area contributed by atoms with Crippen molar-refractivity contribution < 1.29 is 9.59 Å². The first-order chi connectivity index (χ1) is 16.8. The number of unbranched alkanes of at least 4 members (excludes halogenated alkanes) is 2. The van der Waals surface area contributed by atoms with E-state index < -0.39 is 11.8 Å². The van der Waals surface area contributed by atoms with E-state index in [1.54, 1.807) is 30.3 Å². The van der Waals surface area contributed by atoms with Gasteiger partial charge in [-0.2, -0.15) is 10.2 Å². The van der Waals surface area contributed by atoms with Gasteiger partial charge in [0.15, 0.2) is 5.69 Å². The Morgan fingerprint density at radius 1 is 1.00 bits per heavy atom. The molecule has 0 fully saturated rings. The lowest BCUT2D eigenvalue weighted by Gasteiger charge is -2.11. The first kappa shape index (κ1) is 24.6. The van der Waals surface area contributed by atoms with Crippen molar-refractivity contribution in [1.29, 1.82) is 0 Å². The van der Waals surface area contributed by atoms with Crippen LogP contribution in [0.4, 0.5) is 0 Å². The number of fused-ring (bicyclic) bond motifs is 2. The third-order valence-corrected chi connectivity index (χ3v) is 6.86. The molecule has 0 aliphatic carbocycles. The van der Waals surface area contributed by atoms with Crippen molar-refractivity contribution in [2.45, 2.75) is 60.0 Å². The lowest BCUT2D eigenvalue weighted by molar-refractivity contribution is 0.0846. The van der Waals surface area contributed by atoms with Crippen LogP contribution in [0.1, 0.15) is 65.9 Å². The summed E-state index contributed by atoms with van der Waals surface area (Å²) in [6.45, 7) is 9.42. The van der Waals surface area contributed by atoms with Gasteiger partial charge >= 0.3 is 0 Å². The average molecular weight is 495 g/mol. The number of amides is 2. The van der Waals surface area contributed by atoms with Gasteiger partial charge in [0.2, 0.25) is 0 Å². The molecule has 0 saturated heterocycles. The molecular weight excluding hydrogens is 464 g/mol. The number of rotatable bonds is 8. The molecule has 0 aliphatic heterocycles. The van der Waals surface area contributed by atoms with Crippen LogP contribution in [0.5, 0.6) is 0 Å². The van der Waals surface area contributed by atoms with E-state index >= 15 is 0 Å². The van der Waals surface area contributed by atoms with Crippen LogP contribution >= 0.6 is 11.3 Å². The molecule has 2 amide bonds. The fourth-order valence-corrected chi connectivity index (χ4v) is 5.06. The van der Waals surface area contributed by atoms with Gasteiger partial charge in [0.05, 0.1) is 16.0 Å². The highest BCUT2D eigenvalue weighted by Crippen LogP contribution is 2.28. The molecule has 10 heteroatoms. The van der Waals surface area contributed by atoms with E-state index in [4.69, 9.17) is 0 Å². The molecule has 4 rings (SSSR count). The summed E-state index contributed by atoms with van der Waals surface area (Å²) in [5.74, 6) is -0.582. The van der Waals surface area contributed by atoms with Gasteiger partial charge < -0.3 is 0 Å². The van der Waals surface area contributed by atoms with Gasteiger partial charge in [0.1, 0.15) is 4.83 Å². The van der Waals surface area contributed by atoms with Crippen molar-refractivity contribution in [3.63, 3.8) is 0 Å². The minimum absolute atomic E-state index is 0.0942. The third kappa shape index (κ3) is 5.12. The highest BCUT2D eigenvalue weighted by Gasteiger charge is 2.20. The maximum absolute atomic E-state index is 13.0. The average Bonchev–Trinajstić information content (AvgIpc) is 3.40. The maximum Gasteiger partial charge on any atom is 0.290 e. The summed E-state index contributed by atoms with van der Waals surface area (Å²) in [4.78, 5) is 40.1. The second-order valence-corrected chi connectivity index (χ2v) is 10.1. The highest BCUT2D eigenvalue weighted by molar-refractivity contribution is 7.20. The highest BCUT2D eigenvalue weighted by atomic mass is 32.1. The Labute approximate surface area is 207 Å². The Morgan fingerprint density at radius 2 is 1.71 bits per heavy atom. The molecule has 184 valence electrons. The number of nitrogens with one attached hydrogen (secondary N) is 2. The summed E-state index contributed by atoms with van der Waals surface area (Å²) in [6.07, 6.45) is 2.76. The molecule has 0 radical (unpaired) electrons. The van der Waals surface area contributed by atoms with Gasteiger partial charge in [-0.1, -0.05) is 51.8 Å². The summed E-state index contributed by atoms with van der Waals surface area (Å²) in [7, 11) is 0. The summed E-state index contributed by atoms with van der Waals surface area (Å²) in [5.41, 5.74) is 5.69. The zero-order valence-corrected chi connectivity index (χ0v) is 21.2. The van der Waals surface area contributed by atoms with Crippen molar-refractivity contribution in [2.24, 2.45) is 5.92 Å². The molecule has 0 saturated carbocycles. The minimum Gasteiger partial charge on any atom is -0.267 e. The van der Waals surface area contributed by atoms with Crippen LogP contribution in [0.15, 0.2) is 35.1 Å². The van der Waals surface area contributed by atoms with Gasteiger partial charge in [-0.25, -0.2) is 4.68 Å². The fraction of sp³-hybridized carbons (Fsp3) is 0.400. The van der Waals surface area contributed by atoms with E-state index in [0.29, 0.717) is 28.1 Å². The summed E-state index contributed by atoms with van der Waals surface area (Å²) in [6, 6.07) is 8.67. The van der Waals surface area contributed by atoms with E-state index in [9.17, 15) is 14.4 Å². The Balaban J connectivity index is 1.55. The first-order valence-electron chi connectivity index (χ1n) is 11.9. The number of carbonyl (C=O) groups is 2. The quantitative estimate of drug-likeness (QED) is 0.284. The lowest BCUT2D eigenvalue weighted by atomic mass is 10.1. The zero-order valence-electron chi connectivity index (χ0n) is 20.4. The molecule has 9 nitrogen and oxygen atoms in total. The Hall–Kier alpha value is -3.53. The van der Waals surface area contributed by atoms with E-state index in [1.165, 1.54) is 16.0 Å². The van der Waals surface area contributed by atoms with E-state index in [1.807, 2.05) is 11.6 Å². The molecule has 35 heavy (non-hydrogen) atoms. The zero-order chi connectivity index (χ0) is 25.1. The Morgan fingerprint density at radius 3 is 2.43 bits per heavy atom. The molecule has 0 bridgehead atoms. The van der Waals surface area contributed by atoms with Gasteiger partial charge in [-0.15, -0.1) is 11.3 Å². The molecule has 3 heterocycles. The molecule has 0 spiro atoms. The van der Waals surface area contributed by atoms with Gasteiger partial charge in [0.25, 0.3) is 17.4 Å². The van der Waals surface area contributed by atoms with Gasteiger partial charge in [-0.3, -0.25) is 29.9 Å². The standard InChI is InChI=1S/C25H30N6O3S/c1-5-6-9-12-30-24(34)18-11-8-7-10-17(18)21(29-30)23(33)27-26-22(32)20-13-19-16(4)28-31(14-15(2)3)25(19)35-20/h7-8,10-11,13,15H,5-6,9,12,14H2,1-4H3,(H,26,32)(H,27,33). The second kappa shape index (κ2) is 10.4. The van der Waals surface area contributed by atoms with Crippen LogP contribution in [0, 0.1) is 12.8 Å². The second-order valence-electron chi connectivity index (χ2n) is 9.03. The van der Waals surface area contributed by atoms with Crippen molar-refractivity contribution in [2.75, 3.05) is 0 Å². The largest absolute Gasteiger partial charge is 0.290 e. The van der Waals surface area contributed by atoms with E-state index in [-0.39, 0.29) is 11.3 Å². The number of hydrogen-bond acceptors (Lipinski definition) is 6. The minimum atomic E-state index is -0.581. The monoisotopic (exact) mass is 494 g/mol. The molecule has 0 atom stereocenters. The topological polar surface area (TPSA) is 111 Å². The van der Waals surface area contributed by atoms with Crippen molar-refractivity contribution in [3.8, 4) is 0 Å². The lowest BCUT2D eigenvalue weighted by Crippen LogP contribution is -2.42. The number of nitrogens with zero attached hydrogens (tertiary/aromatic N) is 4. The van der Waals surface area contributed by atoms with Crippen LogP contribution in [0.2, 0.25) is 0 Å². The Bertz CT molecular complexity index is 1450. The number of thiophene rings is 1. The molecular formula is C25H30N6O3S. The SMILES string of the molecule is CCCCCn1nc(C(=O)NNC(=O)c2cc3c(C)nn(CC(C)C)c3s2)c2ccccc2c1=O. The molecule has 0 aliphatic rings. The predicted molar refractivity (Wildman–Crippen MR) is 138 cm³/mol. The third-order valence-electron chi connectivity index (χ3n) is 5.72. The maximum atomic E-state index is 13.0. The van der Waals surface area contributed by atoms with Crippen LogP contribution in [0.3, 0.4) is 0 Å². The van der Waals surface area contributed by atoms with E-state index in [2.05, 4.69) is 41.8 Å². The molecule has 1 aromatic carbocycles. The summed E-state index contributed by atoms with van der Waals surface area (Å²) >= 11 is 1.34. The number of hydrogen-bond donors (Lipinski definition) is 2. The Kier molecular flexibility index (Phi) is 7.30. The number of benzene rings is 1. The molecule has 4 aromatic rings. The number of hydrazine groups is 1. The number of aryl methyl sites for hydroxylation is 2. The van der Waals surface area contributed by atoms with Crippen LogP contribution < -0.4 is 16.4 Å². The molecule has 0 unspecified atom stereocenters. The van der Waals surface area contributed by atoms with Crippen molar-refractivity contribution in [1.82, 2.24) is 30.4 Å². The fourth-order valence-electron chi connectivity index (χ4n) is 3.99. The van der Waals surface area contributed by atoms with Gasteiger partial charge in [0, 0.05) is 23.9 Å². The molecule has 2 N–H and O–H groups in total. The van der Waals surface area contributed by atoms with Crippen LogP contribution in [0.25, 0.3) is 21.0 Å². The predicted octanol–water partition coefficient (Wildman–Crippen LogP) is 4.04. The number of aromatic nitrogens is 4. The van der Waals surface area contributed by atoms with Crippen molar-refractivity contribution in [3.05, 3.63) is 57.0 Å². The van der Waals surface area contributed by atoms with Crippen molar-refractivity contribution >= 4 is 44.1 Å². The van der Waals surface area contributed by atoms with Crippen LogP contribution in [-0.4, -0.2) is 31.4 Å². The smallest absolute Gasteiger partial charge is 0.267 e. The number of carbonyl (C=O) groups excluding carboxylic acids is 2. The first-order valence-corrected chi connectivity index (χ1v) is 12.7. The molecule has 3 aromatic heterocycles. The van der Waals surface area contributed by atoms with Crippen LogP contribution in [-0.2, 0) is 13.1 Å².